The van der Waals surface area contributed by atoms with Crippen LogP contribution in [0.3, 0.4) is 0 Å². The molecule has 2 rings (SSSR count). The Morgan fingerprint density at radius 1 is 1.25 bits per heavy atom. The number of hydrogen-bond donors (Lipinski definition) is 2. The van der Waals surface area contributed by atoms with Crippen LogP contribution in [0.2, 0.25) is 0 Å². The zero-order valence-electron chi connectivity index (χ0n) is 15.6. The van der Waals surface area contributed by atoms with Gasteiger partial charge in [0.05, 0.1) is 17.8 Å². The van der Waals surface area contributed by atoms with Crippen molar-refractivity contribution in [3.63, 3.8) is 0 Å². The topological polar surface area (TPSA) is 71.7 Å². The van der Waals surface area contributed by atoms with Gasteiger partial charge in [-0.15, -0.1) is 0 Å². The van der Waals surface area contributed by atoms with Gasteiger partial charge in [-0.25, -0.2) is 4.98 Å². The van der Waals surface area contributed by atoms with Crippen molar-refractivity contribution < 1.29 is 9.15 Å². The summed E-state index contributed by atoms with van der Waals surface area (Å²) in [4.78, 5) is 8.68. The molecule has 2 N–H and O–H groups in total. The Labute approximate surface area is 145 Å². The standard InChI is InChI=1S/C18H32N4O2/c1-5-11-23-18(9-7-6-8-10-18)13-21-17(19-4)20-12-16-22-14(2)15(3)24-16/h5-13H2,1-4H3,(H2,19,20,21). The quantitative estimate of drug-likeness (QED) is 0.591. The van der Waals surface area contributed by atoms with Crippen molar-refractivity contribution in [2.24, 2.45) is 4.99 Å². The first-order chi connectivity index (χ1) is 11.6. The number of nitrogens with zero attached hydrogens (tertiary/aromatic N) is 2. The summed E-state index contributed by atoms with van der Waals surface area (Å²) in [6, 6.07) is 0. The van der Waals surface area contributed by atoms with Crippen LogP contribution in [-0.4, -0.2) is 36.7 Å². The van der Waals surface area contributed by atoms with Crippen LogP contribution < -0.4 is 10.6 Å². The fraction of sp³-hybridized carbons (Fsp3) is 0.778. The van der Waals surface area contributed by atoms with Crippen LogP contribution >= 0.6 is 0 Å². The van der Waals surface area contributed by atoms with Gasteiger partial charge in [-0.05, 0) is 33.1 Å². The van der Waals surface area contributed by atoms with Crippen LogP contribution in [0.25, 0.3) is 0 Å². The summed E-state index contributed by atoms with van der Waals surface area (Å²) in [7, 11) is 1.78. The lowest BCUT2D eigenvalue weighted by Gasteiger charge is -2.37. The fourth-order valence-corrected chi connectivity index (χ4v) is 3.13. The molecule has 0 saturated heterocycles. The van der Waals surface area contributed by atoms with Crippen molar-refractivity contribution in [1.29, 1.82) is 0 Å². The molecule has 0 unspecified atom stereocenters. The summed E-state index contributed by atoms with van der Waals surface area (Å²) < 4.78 is 11.8. The molecule has 0 spiro atoms. The minimum Gasteiger partial charge on any atom is -0.444 e. The Hall–Kier alpha value is -1.56. The highest BCUT2D eigenvalue weighted by atomic mass is 16.5. The Kier molecular flexibility index (Phi) is 7.09. The highest BCUT2D eigenvalue weighted by Crippen LogP contribution is 2.31. The third kappa shape index (κ3) is 5.23. The predicted octanol–water partition coefficient (Wildman–Crippen LogP) is 3.09. The first-order valence-electron chi connectivity index (χ1n) is 9.10. The predicted molar refractivity (Wildman–Crippen MR) is 96.2 cm³/mol. The maximum Gasteiger partial charge on any atom is 0.214 e. The molecule has 0 atom stereocenters. The molecular formula is C18H32N4O2. The number of aryl methyl sites for hydroxylation is 2. The molecule has 1 fully saturated rings. The van der Waals surface area contributed by atoms with Gasteiger partial charge in [-0.1, -0.05) is 26.2 Å². The summed E-state index contributed by atoms with van der Waals surface area (Å²) in [5.41, 5.74) is 0.881. The second-order valence-corrected chi connectivity index (χ2v) is 6.62. The zero-order chi connectivity index (χ0) is 17.4. The summed E-state index contributed by atoms with van der Waals surface area (Å²) in [5, 5.41) is 6.69. The van der Waals surface area contributed by atoms with E-state index >= 15 is 0 Å². The van der Waals surface area contributed by atoms with Crippen LogP contribution in [0.4, 0.5) is 0 Å². The van der Waals surface area contributed by atoms with Crippen molar-refractivity contribution in [3.8, 4) is 0 Å². The van der Waals surface area contributed by atoms with E-state index < -0.39 is 0 Å². The normalized spacial score (nSPS) is 17.8. The molecule has 1 aliphatic rings. The maximum absolute atomic E-state index is 6.22. The van der Waals surface area contributed by atoms with E-state index in [9.17, 15) is 0 Å². The lowest BCUT2D eigenvalue weighted by atomic mass is 9.84. The van der Waals surface area contributed by atoms with E-state index in [-0.39, 0.29) is 5.60 Å². The van der Waals surface area contributed by atoms with Crippen LogP contribution in [0.1, 0.15) is 62.8 Å². The third-order valence-corrected chi connectivity index (χ3v) is 4.66. The van der Waals surface area contributed by atoms with Gasteiger partial charge >= 0.3 is 0 Å². The molecule has 0 amide bonds. The van der Waals surface area contributed by atoms with Gasteiger partial charge in [0.2, 0.25) is 5.89 Å². The number of ether oxygens (including phenoxy) is 1. The highest BCUT2D eigenvalue weighted by Gasteiger charge is 2.32. The van der Waals surface area contributed by atoms with Crippen molar-refractivity contribution in [3.05, 3.63) is 17.3 Å². The maximum atomic E-state index is 6.22. The SMILES string of the molecule is CCCOC1(CNC(=NC)NCc2nc(C)c(C)o2)CCCCC1. The molecule has 0 aliphatic heterocycles. The number of oxazole rings is 1. The minimum absolute atomic E-state index is 0.0536. The number of aromatic nitrogens is 1. The minimum atomic E-state index is -0.0536. The number of guanidine groups is 1. The van der Waals surface area contributed by atoms with Gasteiger partial charge in [-0.3, -0.25) is 4.99 Å². The summed E-state index contributed by atoms with van der Waals surface area (Å²) in [6.07, 6.45) is 7.09. The fourth-order valence-electron chi connectivity index (χ4n) is 3.13. The Balaban J connectivity index is 1.86. The van der Waals surface area contributed by atoms with Gasteiger partial charge in [0.25, 0.3) is 0 Å². The Morgan fingerprint density at radius 2 is 2.00 bits per heavy atom. The molecule has 1 aromatic rings. The highest BCUT2D eigenvalue weighted by molar-refractivity contribution is 5.79. The number of aliphatic imine (C=N–C) groups is 1. The average Bonchev–Trinajstić information content (AvgIpc) is 2.92. The summed E-state index contributed by atoms with van der Waals surface area (Å²) in [6.45, 7) is 8.17. The molecular weight excluding hydrogens is 304 g/mol. The third-order valence-electron chi connectivity index (χ3n) is 4.66. The zero-order valence-corrected chi connectivity index (χ0v) is 15.6. The molecule has 1 saturated carbocycles. The van der Waals surface area contributed by atoms with Crippen molar-refractivity contribution in [2.45, 2.75) is 71.4 Å². The van der Waals surface area contributed by atoms with E-state index in [1.54, 1.807) is 7.05 Å². The second-order valence-electron chi connectivity index (χ2n) is 6.62. The van der Waals surface area contributed by atoms with Crippen LogP contribution in [0.15, 0.2) is 9.41 Å². The first kappa shape index (κ1) is 18.8. The molecule has 1 aromatic heterocycles. The van der Waals surface area contributed by atoms with E-state index in [2.05, 4.69) is 27.5 Å². The summed E-state index contributed by atoms with van der Waals surface area (Å²) in [5.74, 6) is 2.31. The number of nitrogens with one attached hydrogen (secondary N) is 2. The average molecular weight is 336 g/mol. The van der Waals surface area contributed by atoms with Crippen LogP contribution in [-0.2, 0) is 11.3 Å². The Morgan fingerprint density at radius 3 is 2.58 bits per heavy atom. The Bertz CT molecular complexity index is 514. The van der Waals surface area contributed by atoms with E-state index in [1.807, 2.05) is 13.8 Å². The monoisotopic (exact) mass is 336 g/mol. The van der Waals surface area contributed by atoms with Crippen molar-refractivity contribution in [2.75, 3.05) is 20.2 Å². The lowest BCUT2D eigenvalue weighted by Crippen LogP contribution is -2.49. The van der Waals surface area contributed by atoms with E-state index in [1.165, 1.54) is 19.3 Å². The van der Waals surface area contributed by atoms with Gasteiger partial charge in [0.1, 0.15) is 5.76 Å². The van der Waals surface area contributed by atoms with Crippen LogP contribution in [0.5, 0.6) is 0 Å². The van der Waals surface area contributed by atoms with Gasteiger partial charge in [-0.2, -0.15) is 0 Å². The van der Waals surface area contributed by atoms with Gasteiger partial charge < -0.3 is 19.8 Å². The van der Waals surface area contributed by atoms with Crippen LogP contribution in [0, 0.1) is 13.8 Å². The molecule has 0 radical (unpaired) electrons. The molecule has 6 heteroatoms. The number of hydrogen-bond acceptors (Lipinski definition) is 4. The molecule has 1 aliphatic carbocycles. The molecule has 24 heavy (non-hydrogen) atoms. The molecule has 1 heterocycles. The number of rotatable bonds is 7. The molecule has 136 valence electrons. The molecule has 6 nitrogen and oxygen atoms in total. The molecule has 0 aromatic carbocycles. The van der Waals surface area contributed by atoms with Gasteiger partial charge in [0.15, 0.2) is 5.96 Å². The second kappa shape index (κ2) is 9.06. The molecule has 0 bridgehead atoms. The van der Waals surface area contributed by atoms with Crippen molar-refractivity contribution in [1.82, 2.24) is 15.6 Å². The van der Waals surface area contributed by atoms with E-state index in [0.717, 1.165) is 49.8 Å². The smallest absolute Gasteiger partial charge is 0.214 e. The lowest BCUT2D eigenvalue weighted by molar-refractivity contribution is -0.0657. The summed E-state index contributed by atoms with van der Waals surface area (Å²) >= 11 is 0. The van der Waals surface area contributed by atoms with Gasteiger partial charge in [0, 0.05) is 20.2 Å². The first-order valence-corrected chi connectivity index (χ1v) is 9.10. The van der Waals surface area contributed by atoms with E-state index in [4.69, 9.17) is 9.15 Å². The largest absolute Gasteiger partial charge is 0.444 e. The van der Waals surface area contributed by atoms with Crippen molar-refractivity contribution >= 4 is 5.96 Å². The van der Waals surface area contributed by atoms with E-state index in [0.29, 0.717) is 12.4 Å².